The molecule has 0 radical (unpaired) electrons. The van der Waals surface area contributed by atoms with Gasteiger partial charge in [-0.05, 0) is 30.0 Å². The lowest BCUT2D eigenvalue weighted by atomic mass is 10.1. The van der Waals surface area contributed by atoms with E-state index in [-0.39, 0.29) is 5.97 Å². The molecule has 0 saturated carbocycles. The van der Waals surface area contributed by atoms with E-state index in [0.717, 1.165) is 10.5 Å². The smallest absolute Gasteiger partial charge is 0.339 e. The number of halogens is 1. The van der Waals surface area contributed by atoms with Crippen LogP contribution in [0.3, 0.4) is 0 Å². The van der Waals surface area contributed by atoms with Crippen LogP contribution in [0.15, 0.2) is 53.4 Å². The van der Waals surface area contributed by atoms with Gasteiger partial charge in [-0.1, -0.05) is 41.9 Å². The lowest BCUT2D eigenvalue weighted by Gasteiger charge is -2.08. The van der Waals surface area contributed by atoms with Crippen molar-refractivity contribution in [2.45, 2.75) is 11.3 Å². The van der Waals surface area contributed by atoms with Crippen molar-refractivity contribution in [1.29, 1.82) is 0 Å². The van der Waals surface area contributed by atoms with E-state index in [9.17, 15) is 4.79 Å². The second kappa shape index (κ2) is 7.36. The van der Waals surface area contributed by atoms with E-state index >= 15 is 0 Å². The summed E-state index contributed by atoms with van der Waals surface area (Å²) in [4.78, 5) is 13.0. The van der Waals surface area contributed by atoms with E-state index in [0.29, 0.717) is 23.6 Å². The number of carbonyl (C=O) groups excluding carboxylic acids is 1. The first-order chi connectivity index (χ1) is 9.72. The predicted octanol–water partition coefficient (Wildman–Crippen LogP) is 4.46. The molecule has 20 heavy (non-hydrogen) atoms. The monoisotopic (exact) mass is 306 g/mol. The van der Waals surface area contributed by atoms with Crippen LogP contribution in [0.25, 0.3) is 0 Å². The van der Waals surface area contributed by atoms with Gasteiger partial charge < -0.3 is 4.74 Å². The first-order valence-corrected chi connectivity index (χ1v) is 7.86. The quantitative estimate of drug-likeness (QED) is 0.602. The van der Waals surface area contributed by atoms with Crippen LogP contribution in [0.1, 0.15) is 15.9 Å². The molecular formula is C16H15ClO2S. The van der Waals surface area contributed by atoms with Gasteiger partial charge in [-0.25, -0.2) is 4.79 Å². The lowest BCUT2D eigenvalue weighted by molar-refractivity contribution is 0.0505. The van der Waals surface area contributed by atoms with Crippen LogP contribution in [0.2, 0.25) is 5.02 Å². The van der Waals surface area contributed by atoms with Crippen molar-refractivity contribution in [2.75, 3.05) is 12.9 Å². The number of thioether (sulfide) groups is 1. The first kappa shape index (κ1) is 14.9. The van der Waals surface area contributed by atoms with E-state index in [1.807, 2.05) is 48.7 Å². The molecule has 0 spiro atoms. The van der Waals surface area contributed by atoms with Crippen molar-refractivity contribution in [3.05, 3.63) is 64.7 Å². The molecule has 0 aliphatic carbocycles. The summed E-state index contributed by atoms with van der Waals surface area (Å²) in [5.74, 6) is -0.290. The largest absolute Gasteiger partial charge is 0.462 e. The van der Waals surface area contributed by atoms with Crippen molar-refractivity contribution in [1.82, 2.24) is 0 Å². The molecule has 0 fully saturated rings. The highest BCUT2D eigenvalue weighted by Gasteiger charge is 2.11. The molecule has 0 N–H and O–H groups in total. The fraction of sp³-hybridized carbons (Fsp3) is 0.188. The minimum atomic E-state index is -0.290. The molecule has 2 rings (SSSR count). The normalized spacial score (nSPS) is 10.3. The average molecular weight is 307 g/mol. The molecule has 0 saturated heterocycles. The number of ether oxygens (including phenoxy) is 1. The summed E-state index contributed by atoms with van der Waals surface area (Å²) in [6, 6.07) is 15.0. The molecule has 0 aliphatic rings. The van der Waals surface area contributed by atoms with Crippen LogP contribution in [0.5, 0.6) is 0 Å². The highest BCUT2D eigenvalue weighted by molar-refractivity contribution is 7.98. The zero-order valence-corrected chi connectivity index (χ0v) is 12.7. The van der Waals surface area contributed by atoms with E-state index in [2.05, 4.69) is 0 Å². The zero-order valence-electron chi connectivity index (χ0n) is 11.1. The highest BCUT2D eigenvalue weighted by Crippen LogP contribution is 2.21. The SMILES string of the molecule is CSc1ccccc1C(=O)OCCc1ccccc1Cl. The second-order valence-electron chi connectivity index (χ2n) is 4.18. The fourth-order valence-electron chi connectivity index (χ4n) is 1.85. The van der Waals surface area contributed by atoms with Crippen molar-refractivity contribution >= 4 is 29.3 Å². The molecule has 4 heteroatoms. The second-order valence-corrected chi connectivity index (χ2v) is 5.43. The topological polar surface area (TPSA) is 26.3 Å². The average Bonchev–Trinajstić information content (AvgIpc) is 2.49. The van der Waals surface area contributed by atoms with Crippen molar-refractivity contribution in [3.63, 3.8) is 0 Å². The molecule has 0 bridgehead atoms. The van der Waals surface area contributed by atoms with Crippen LogP contribution in [0.4, 0.5) is 0 Å². The summed E-state index contributed by atoms with van der Waals surface area (Å²) < 4.78 is 5.32. The Bertz CT molecular complexity index is 599. The summed E-state index contributed by atoms with van der Waals surface area (Å²) in [6.45, 7) is 0.325. The number of rotatable bonds is 5. The van der Waals surface area contributed by atoms with Gasteiger partial charge in [0, 0.05) is 16.3 Å². The predicted molar refractivity (Wildman–Crippen MR) is 83.7 cm³/mol. The molecule has 0 amide bonds. The third-order valence-corrected chi connectivity index (χ3v) is 4.05. The molecule has 104 valence electrons. The van der Waals surface area contributed by atoms with E-state index in [4.69, 9.17) is 16.3 Å². The van der Waals surface area contributed by atoms with Gasteiger partial charge in [0.1, 0.15) is 0 Å². The van der Waals surface area contributed by atoms with Gasteiger partial charge in [0.2, 0.25) is 0 Å². The van der Waals surface area contributed by atoms with Gasteiger partial charge in [-0.3, -0.25) is 0 Å². The maximum absolute atomic E-state index is 12.0. The Morgan fingerprint density at radius 2 is 1.85 bits per heavy atom. The molecular weight excluding hydrogens is 292 g/mol. The summed E-state index contributed by atoms with van der Waals surface area (Å²) in [7, 11) is 0. The van der Waals surface area contributed by atoms with E-state index < -0.39 is 0 Å². The summed E-state index contributed by atoms with van der Waals surface area (Å²) in [6.07, 6.45) is 2.56. The van der Waals surface area contributed by atoms with Gasteiger partial charge in [0.15, 0.2) is 0 Å². The van der Waals surface area contributed by atoms with Crippen LogP contribution in [-0.2, 0) is 11.2 Å². The summed E-state index contributed by atoms with van der Waals surface area (Å²) in [5.41, 5.74) is 1.60. The molecule has 2 aromatic carbocycles. The standard InChI is InChI=1S/C16H15ClO2S/c1-20-15-9-5-3-7-13(15)16(18)19-11-10-12-6-2-4-8-14(12)17/h2-9H,10-11H2,1H3. The van der Waals surface area contributed by atoms with Crippen molar-refractivity contribution in [2.24, 2.45) is 0 Å². The highest BCUT2D eigenvalue weighted by atomic mass is 35.5. The van der Waals surface area contributed by atoms with Gasteiger partial charge in [0.05, 0.1) is 12.2 Å². The van der Waals surface area contributed by atoms with Crippen LogP contribution in [0, 0.1) is 0 Å². The number of hydrogen-bond acceptors (Lipinski definition) is 3. The fourth-order valence-corrected chi connectivity index (χ4v) is 2.66. The Morgan fingerprint density at radius 3 is 2.60 bits per heavy atom. The molecule has 2 nitrogen and oxygen atoms in total. The van der Waals surface area contributed by atoms with Gasteiger partial charge in [-0.2, -0.15) is 0 Å². The van der Waals surface area contributed by atoms with Crippen LogP contribution in [-0.4, -0.2) is 18.8 Å². The maximum atomic E-state index is 12.0. The Hall–Kier alpha value is -1.45. The Labute approximate surface area is 128 Å². The molecule has 0 aliphatic heterocycles. The molecule has 0 unspecified atom stereocenters. The molecule has 0 aromatic heterocycles. The lowest BCUT2D eigenvalue weighted by Crippen LogP contribution is -2.09. The summed E-state index contributed by atoms with van der Waals surface area (Å²) >= 11 is 7.59. The third-order valence-electron chi connectivity index (χ3n) is 2.89. The van der Waals surface area contributed by atoms with Gasteiger partial charge in [-0.15, -0.1) is 11.8 Å². The van der Waals surface area contributed by atoms with E-state index in [1.165, 1.54) is 11.8 Å². The zero-order chi connectivity index (χ0) is 14.4. The summed E-state index contributed by atoms with van der Waals surface area (Å²) in [5, 5.41) is 0.702. The Kier molecular flexibility index (Phi) is 5.50. The maximum Gasteiger partial charge on any atom is 0.339 e. The molecule has 2 aromatic rings. The van der Waals surface area contributed by atoms with Gasteiger partial charge >= 0.3 is 5.97 Å². The van der Waals surface area contributed by atoms with Crippen molar-refractivity contribution < 1.29 is 9.53 Å². The van der Waals surface area contributed by atoms with Gasteiger partial charge in [0.25, 0.3) is 0 Å². The molecule has 0 heterocycles. The number of benzene rings is 2. The first-order valence-electron chi connectivity index (χ1n) is 6.26. The minimum absolute atomic E-state index is 0.290. The van der Waals surface area contributed by atoms with Crippen LogP contribution >= 0.6 is 23.4 Å². The minimum Gasteiger partial charge on any atom is -0.462 e. The Balaban J connectivity index is 1.94. The van der Waals surface area contributed by atoms with Crippen molar-refractivity contribution in [3.8, 4) is 0 Å². The van der Waals surface area contributed by atoms with Crippen LogP contribution < -0.4 is 0 Å². The third kappa shape index (κ3) is 3.78. The number of carbonyl (C=O) groups is 1. The van der Waals surface area contributed by atoms with E-state index in [1.54, 1.807) is 6.07 Å². The number of hydrogen-bond donors (Lipinski definition) is 0. The molecule has 0 atom stereocenters. The number of esters is 1. The Morgan fingerprint density at radius 1 is 1.15 bits per heavy atom.